The van der Waals surface area contributed by atoms with Crippen LogP contribution in [0.5, 0.6) is 0 Å². The fraction of sp³-hybridized carbons (Fsp3) is 0.0952. The molecule has 6 heteroatoms. The summed E-state index contributed by atoms with van der Waals surface area (Å²) in [4.78, 5) is 10.7. The molecular weight excluding hydrogens is 341 g/mol. The predicted octanol–water partition coefficient (Wildman–Crippen LogP) is 4.15. The molecule has 0 saturated heterocycles. The molecule has 5 rings (SSSR count). The van der Waals surface area contributed by atoms with Crippen molar-refractivity contribution in [1.29, 1.82) is 0 Å². The number of anilines is 2. The van der Waals surface area contributed by atoms with Crippen LogP contribution in [-0.4, -0.2) is 27.6 Å². The second-order valence-corrected chi connectivity index (χ2v) is 6.42. The zero-order chi connectivity index (χ0) is 18.2. The van der Waals surface area contributed by atoms with Crippen molar-refractivity contribution in [2.75, 3.05) is 11.6 Å². The molecule has 0 bridgehead atoms. The van der Waals surface area contributed by atoms with Crippen molar-refractivity contribution in [3.05, 3.63) is 84.1 Å². The van der Waals surface area contributed by atoms with Gasteiger partial charge in [0.05, 0.1) is 35.2 Å². The van der Waals surface area contributed by atoms with Crippen molar-refractivity contribution in [1.82, 2.24) is 14.8 Å². The third-order valence-corrected chi connectivity index (χ3v) is 4.74. The normalized spacial score (nSPS) is 13.1. The molecule has 0 atom stereocenters. The van der Waals surface area contributed by atoms with Crippen LogP contribution in [0.15, 0.2) is 72.0 Å². The molecule has 0 radical (unpaired) electrons. The maximum Gasteiger partial charge on any atom is 0.134 e. The third-order valence-electron chi connectivity index (χ3n) is 4.74. The molecule has 0 fully saturated rings. The lowest BCUT2D eigenvalue weighted by atomic mass is 10.1. The highest BCUT2D eigenvalue weighted by Gasteiger charge is 2.19. The molecule has 0 unspecified atom stereocenters. The van der Waals surface area contributed by atoms with E-state index in [-0.39, 0.29) is 5.82 Å². The average Bonchev–Trinajstić information content (AvgIpc) is 3.11. The second-order valence-electron chi connectivity index (χ2n) is 6.42. The van der Waals surface area contributed by atoms with E-state index in [4.69, 9.17) is 0 Å². The summed E-state index contributed by atoms with van der Waals surface area (Å²) >= 11 is 0. The van der Waals surface area contributed by atoms with E-state index in [0.29, 0.717) is 18.8 Å². The van der Waals surface area contributed by atoms with Gasteiger partial charge in [0.1, 0.15) is 12.5 Å². The number of hydrogen-bond acceptors (Lipinski definition) is 4. The number of halogens is 1. The Morgan fingerprint density at radius 2 is 2.00 bits per heavy atom. The van der Waals surface area contributed by atoms with Crippen molar-refractivity contribution < 1.29 is 4.39 Å². The average molecular weight is 357 g/mol. The van der Waals surface area contributed by atoms with Crippen LogP contribution in [-0.2, 0) is 6.54 Å². The minimum atomic E-state index is -0.259. The lowest BCUT2D eigenvalue weighted by Gasteiger charge is -2.27. The lowest BCUT2D eigenvalue weighted by molar-refractivity contribution is 0.624. The summed E-state index contributed by atoms with van der Waals surface area (Å²) in [5.41, 5.74) is 4.30. The van der Waals surface area contributed by atoms with Gasteiger partial charge in [-0.3, -0.25) is 14.7 Å². The van der Waals surface area contributed by atoms with E-state index in [1.807, 2.05) is 52.2 Å². The number of benzene rings is 2. The first kappa shape index (κ1) is 15.7. The van der Waals surface area contributed by atoms with Gasteiger partial charge in [0.15, 0.2) is 0 Å². The number of hydrogen-bond donors (Lipinski definition) is 0. The van der Waals surface area contributed by atoms with E-state index in [1.165, 1.54) is 6.07 Å². The number of pyridine rings is 1. The standard InChI is InChI=1S/C21H16FN5/c22-19-5-3-6-21-18(19)12-23-14-26(21)17-7-8-20-15(10-17)11-25-27(20)13-16-4-1-2-9-24-16/h1-12H,13-14H2. The summed E-state index contributed by atoms with van der Waals surface area (Å²) in [6.07, 6.45) is 5.23. The highest BCUT2D eigenvalue weighted by atomic mass is 19.1. The first-order valence-corrected chi connectivity index (χ1v) is 8.71. The van der Waals surface area contributed by atoms with E-state index >= 15 is 0 Å². The summed E-state index contributed by atoms with van der Waals surface area (Å²) < 4.78 is 16.0. The fourth-order valence-electron chi connectivity index (χ4n) is 3.41. The Bertz CT molecular complexity index is 1150. The van der Waals surface area contributed by atoms with Crippen LogP contribution in [0.1, 0.15) is 11.3 Å². The van der Waals surface area contributed by atoms with Gasteiger partial charge in [-0.2, -0.15) is 5.10 Å². The maximum absolute atomic E-state index is 14.1. The molecular formula is C21H16FN5. The van der Waals surface area contributed by atoms with Gasteiger partial charge in [-0.25, -0.2) is 4.39 Å². The van der Waals surface area contributed by atoms with Crippen molar-refractivity contribution in [2.24, 2.45) is 4.99 Å². The van der Waals surface area contributed by atoms with Crippen molar-refractivity contribution in [3.63, 3.8) is 0 Å². The molecule has 0 N–H and O–H groups in total. The van der Waals surface area contributed by atoms with E-state index in [0.717, 1.165) is 28.0 Å². The molecule has 1 aliphatic rings. The van der Waals surface area contributed by atoms with Gasteiger partial charge in [0.2, 0.25) is 0 Å². The van der Waals surface area contributed by atoms with Gasteiger partial charge in [0.25, 0.3) is 0 Å². The number of aromatic nitrogens is 3. The van der Waals surface area contributed by atoms with Gasteiger partial charge in [-0.1, -0.05) is 12.1 Å². The summed E-state index contributed by atoms with van der Waals surface area (Å²) in [5.74, 6) is -0.259. The van der Waals surface area contributed by atoms with Gasteiger partial charge >= 0.3 is 0 Å². The molecule has 27 heavy (non-hydrogen) atoms. The molecule has 0 saturated carbocycles. The van der Waals surface area contributed by atoms with Gasteiger partial charge in [-0.15, -0.1) is 0 Å². The quantitative estimate of drug-likeness (QED) is 0.553. The molecule has 2 aromatic heterocycles. The molecule has 0 amide bonds. The van der Waals surface area contributed by atoms with E-state index in [9.17, 15) is 4.39 Å². The molecule has 0 spiro atoms. The van der Waals surface area contributed by atoms with Crippen LogP contribution in [0.4, 0.5) is 15.8 Å². The third kappa shape index (κ3) is 2.75. The topological polar surface area (TPSA) is 46.3 Å². The molecule has 0 aliphatic carbocycles. The summed E-state index contributed by atoms with van der Waals surface area (Å²) in [7, 11) is 0. The largest absolute Gasteiger partial charge is 0.321 e. The minimum Gasteiger partial charge on any atom is -0.321 e. The molecule has 4 aromatic rings. The molecule has 1 aliphatic heterocycles. The monoisotopic (exact) mass is 357 g/mol. The molecule has 2 aromatic carbocycles. The molecule has 5 nitrogen and oxygen atoms in total. The lowest BCUT2D eigenvalue weighted by Crippen LogP contribution is -2.22. The second kappa shape index (κ2) is 6.32. The van der Waals surface area contributed by atoms with E-state index in [2.05, 4.69) is 21.1 Å². The summed E-state index contributed by atoms with van der Waals surface area (Å²) in [5, 5.41) is 5.53. The smallest absolute Gasteiger partial charge is 0.134 e. The first-order valence-electron chi connectivity index (χ1n) is 8.71. The number of nitrogens with zero attached hydrogens (tertiary/aromatic N) is 5. The van der Waals surface area contributed by atoms with Crippen LogP contribution in [0.2, 0.25) is 0 Å². The Balaban J connectivity index is 1.52. The molecule has 132 valence electrons. The molecule has 3 heterocycles. The summed E-state index contributed by atoms with van der Waals surface area (Å²) in [6, 6.07) is 17.1. The van der Waals surface area contributed by atoms with E-state index in [1.54, 1.807) is 18.5 Å². The van der Waals surface area contributed by atoms with Crippen LogP contribution >= 0.6 is 0 Å². The summed E-state index contributed by atoms with van der Waals surface area (Å²) in [6.45, 7) is 1.08. The Morgan fingerprint density at radius 1 is 1.04 bits per heavy atom. The highest BCUT2D eigenvalue weighted by molar-refractivity contribution is 5.93. The predicted molar refractivity (Wildman–Crippen MR) is 104 cm³/mol. The van der Waals surface area contributed by atoms with Crippen molar-refractivity contribution in [3.8, 4) is 0 Å². The zero-order valence-corrected chi connectivity index (χ0v) is 14.5. The maximum atomic E-state index is 14.1. The number of aliphatic imine (C=N–C) groups is 1. The number of fused-ring (bicyclic) bond motifs is 2. The van der Waals surface area contributed by atoms with Crippen LogP contribution in [0, 0.1) is 5.82 Å². The van der Waals surface area contributed by atoms with Crippen molar-refractivity contribution in [2.45, 2.75) is 6.54 Å². The van der Waals surface area contributed by atoms with Gasteiger partial charge in [-0.05, 0) is 42.5 Å². The zero-order valence-electron chi connectivity index (χ0n) is 14.5. The van der Waals surface area contributed by atoms with Crippen molar-refractivity contribution >= 4 is 28.5 Å². The Morgan fingerprint density at radius 3 is 2.89 bits per heavy atom. The first-order chi connectivity index (χ1) is 13.3. The van der Waals surface area contributed by atoms with Gasteiger partial charge in [0, 0.05) is 23.5 Å². The van der Waals surface area contributed by atoms with Gasteiger partial charge < -0.3 is 4.90 Å². The Labute approximate surface area is 155 Å². The fourth-order valence-corrected chi connectivity index (χ4v) is 3.41. The minimum absolute atomic E-state index is 0.259. The Kier molecular flexibility index (Phi) is 3.67. The van der Waals surface area contributed by atoms with Crippen LogP contribution in [0.25, 0.3) is 10.9 Å². The number of rotatable bonds is 3. The van der Waals surface area contributed by atoms with E-state index < -0.39 is 0 Å². The SMILES string of the molecule is Fc1cccc2c1C=NCN2c1ccc2c(cnn2Cc2ccccn2)c1. The van der Waals surface area contributed by atoms with Crippen LogP contribution in [0.3, 0.4) is 0 Å². The Hall–Kier alpha value is -3.54. The highest BCUT2D eigenvalue weighted by Crippen LogP contribution is 2.33. The van der Waals surface area contributed by atoms with Crippen LogP contribution < -0.4 is 4.90 Å².